The Balaban J connectivity index is 1.62. The van der Waals surface area contributed by atoms with Crippen LogP contribution in [0.3, 0.4) is 0 Å². The normalized spacial score (nSPS) is 20.3. The lowest BCUT2D eigenvalue weighted by atomic mass is 9.85. The summed E-state index contributed by atoms with van der Waals surface area (Å²) in [5.41, 5.74) is 1.57. The molecule has 23 heavy (non-hydrogen) atoms. The van der Waals surface area contributed by atoms with E-state index in [9.17, 15) is 9.59 Å². The molecule has 3 rings (SSSR count). The van der Waals surface area contributed by atoms with E-state index in [4.69, 9.17) is 0 Å². The highest BCUT2D eigenvalue weighted by atomic mass is 16.1. The fraction of sp³-hybridized carbons (Fsp3) is 0.333. The highest BCUT2D eigenvalue weighted by Crippen LogP contribution is 2.37. The van der Waals surface area contributed by atoms with Crippen molar-refractivity contribution in [3.63, 3.8) is 0 Å². The van der Waals surface area contributed by atoms with E-state index in [2.05, 4.69) is 0 Å². The second-order valence-electron chi connectivity index (χ2n) is 6.44. The first-order chi connectivity index (χ1) is 11.2. The van der Waals surface area contributed by atoms with Crippen LogP contribution < -0.4 is 0 Å². The summed E-state index contributed by atoms with van der Waals surface area (Å²) in [6.45, 7) is 0. The summed E-state index contributed by atoms with van der Waals surface area (Å²) < 4.78 is 0. The van der Waals surface area contributed by atoms with Crippen molar-refractivity contribution in [1.82, 2.24) is 0 Å². The van der Waals surface area contributed by atoms with E-state index in [1.807, 2.05) is 60.7 Å². The maximum absolute atomic E-state index is 12.4. The third-order valence-electron chi connectivity index (χ3n) is 4.90. The largest absolute Gasteiger partial charge is 0.294 e. The standard InChI is InChI=1S/C21H22O2/c22-20(16-8-3-1-4-9-16)14-18-12-7-13-19(18)15-21(23)17-10-5-2-6-11-17/h1-6,8-11,18-19H,7,12-15H2. The van der Waals surface area contributed by atoms with Crippen molar-refractivity contribution in [1.29, 1.82) is 0 Å². The Kier molecular flexibility index (Phi) is 5.02. The van der Waals surface area contributed by atoms with Gasteiger partial charge in [-0.1, -0.05) is 67.1 Å². The second kappa shape index (κ2) is 7.36. The molecule has 0 saturated heterocycles. The maximum Gasteiger partial charge on any atom is 0.163 e. The number of carbonyl (C=O) groups is 2. The van der Waals surface area contributed by atoms with Crippen LogP contribution in [-0.2, 0) is 0 Å². The smallest absolute Gasteiger partial charge is 0.163 e. The van der Waals surface area contributed by atoms with E-state index in [1.165, 1.54) is 0 Å². The van der Waals surface area contributed by atoms with Crippen molar-refractivity contribution >= 4 is 11.6 Å². The lowest BCUT2D eigenvalue weighted by Gasteiger charge is -2.18. The molecule has 0 bridgehead atoms. The van der Waals surface area contributed by atoms with Crippen molar-refractivity contribution < 1.29 is 9.59 Å². The minimum atomic E-state index is 0.203. The fourth-order valence-corrected chi connectivity index (χ4v) is 3.61. The Labute approximate surface area is 137 Å². The molecular formula is C21H22O2. The third kappa shape index (κ3) is 3.95. The minimum absolute atomic E-state index is 0.203. The number of hydrogen-bond acceptors (Lipinski definition) is 2. The van der Waals surface area contributed by atoms with Gasteiger partial charge in [0.05, 0.1) is 0 Å². The Morgan fingerprint density at radius 3 is 1.48 bits per heavy atom. The van der Waals surface area contributed by atoms with Crippen LogP contribution in [0.25, 0.3) is 0 Å². The van der Waals surface area contributed by atoms with Gasteiger partial charge in [-0.15, -0.1) is 0 Å². The number of hydrogen-bond donors (Lipinski definition) is 0. The van der Waals surface area contributed by atoms with Gasteiger partial charge in [0, 0.05) is 24.0 Å². The molecule has 1 saturated carbocycles. The highest BCUT2D eigenvalue weighted by Gasteiger charge is 2.31. The fourth-order valence-electron chi connectivity index (χ4n) is 3.61. The van der Waals surface area contributed by atoms with Crippen LogP contribution >= 0.6 is 0 Å². The zero-order valence-electron chi connectivity index (χ0n) is 13.3. The number of ketones is 2. The Bertz CT molecular complexity index is 601. The molecule has 0 radical (unpaired) electrons. The number of benzene rings is 2. The molecule has 0 aromatic heterocycles. The van der Waals surface area contributed by atoms with Gasteiger partial charge in [0.15, 0.2) is 11.6 Å². The Hall–Kier alpha value is -2.22. The molecule has 1 aliphatic carbocycles. The van der Waals surface area contributed by atoms with E-state index < -0.39 is 0 Å². The SMILES string of the molecule is O=C(CC1CCCC1CC(=O)c1ccccc1)c1ccccc1. The summed E-state index contributed by atoms with van der Waals surface area (Å²) >= 11 is 0. The summed E-state index contributed by atoms with van der Waals surface area (Å²) in [7, 11) is 0. The minimum Gasteiger partial charge on any atom is -0.294 e. The molecule has 2 unspecified atom stereocenters. The molecule has 0 spiro atoms. The van der Waals surface area contributed by atoms with Gasteiger partial charge in [0.25, 0.3) is 0 Å². The molecule has 118 valence electrons. The van der Waals surface area contributed by atoms with E-state index in [0.29, 0.717) is 24.7 Å². The van der Waals surface area contributed by atoms with Gasteiger partial charge < -0.3 is 0 Å². The molecule has 1 fully saturated rings. The summed E-state index contributed by atoms with van der Waals surface area (Å²) in [6, 6.07) is 19.0. The molecule has 0 N–H and O–H groups in total. The van der Waals surface area contributed by atoms with Crippen LogP contribution in [-0.4, -0.2) is 11.6 Å². The van der Waals surface area contributed by atoms with Crippen molar-refractivity contribution in [2.45, 2.75) is 32.1 Å². The molecular weight excluding hydrogens is 284 g/mol. The molecule has 2 nitrogen and oxygen atoms in total. The van der Waals surface area contributed by atoms with E-state index >= 15 is 0 Å². The van der Waals surface area contributed by atoms with Crippen LogP contribution in [0.4, 0.5) is 0 Å². The predicted molar refractivity (Wildman–Crippen MR) is 91.6 cm³/mol. The van der Waals surface area contributed by atoms with Crippen molar-refractivity contribution in [3.8, 4) is 0 Å². The van der Waals surface area contributed by atoms with Crippen LogP contribution in [0.5, 0.6) is 0 Å². The van der Waals surface area contributed by atoms with Gasteiger partial charge >= 0.3 is 0 Å². The first-order valence-corrected chi connectivity index (χ1v) is 8.40. The van der Waals surface area contributed by atoms with Gasteiger partial charge in [-0.05, 0) is 24.7 Å². The van der Waals surface area contributed by atoms with Crippen molar-refractivity contribution in [3.05, 3.63) is 71.8 Å². The zero-order chi connectivity index (χ0) is 16.1. The lowest BCUT2D eigenvalue weighted by molar-refractivity contribution is 0.0905. The summed E-state index contributed by atoms with van der Waals surface area (Å²) in [5.74, 6) is 1.09. The molecule has 0 aliphatic heterocycles. The molecule has 2 aromatic rings. The molecule has 2 aromatic carbocycles. The van der Waals surface area contributed by atoms with Crippen LogP contribution in [0.1, 0.15) is 52.8 Å². The monoisotopic (exact) mass is 306 g/mol. The maximum atomic E-state index is 12.4. The third-order valence-corrected chi connectivity index (χ3v) is 4.90. The first-order valence-electron chi connectivity index (χ1n) is 8.40. The van der Waals surface area contributed by atoms with E-state index in [0.717, 1.165) is 30.4 Å². The Morgan fingerprint density at radius 1 is 0.696 bits per heavy atom. The topological polar surface area (TPSA) is 34.1 Å². The van der Waals surface area contributed by atoms with Gasteiger partial charge in [0.1, 0.15) is 0 Å². The van der Waals surface area contributed by atoms with Crippen molar-refractivity contribution in [2.24, 2.45) is 11.8 Å². The molecule has 0 heterocycles. The lowest BCUT2D eigenvalue weighted by Crippen LogP contribution is -2.17. The Morgan fingerprint density at radius 2 is 1.09 bits per heavy atom. The number of Topliss-reactive ketones (excluding diaryl/α,β-unsaturated/α-hetero) is 2. The summed E-state index contributed by atoms with van der Waals surface area (Å²) in [6.07, 6.45) is 4.38. The quantitative estimate of drug-likeness (QED) is 0.708. The second-order valence-corrected chi connectivity index (χ2v) is 6.44. The van der Waals surface area contributed by atoms with Crippen LogP contribution in [0.2, 0.25) is 0 Å². The molecule has 2 atom stereocenters. The summed E-state index contributed by atoms with van der Waals surface area (Å²) in [4.78, 5) is 24.8. The van der Waals surface area contributed by atoms with E-state index in [1.54, 1.807) is 0 Å². The molecule has 0 amide bonds. The highest BCUT2D eigenvalue weighted by molar-refractivity contribution is 5.97. The zero-order valence-corrected chi connectivity index (χ0v) is 13.3. The van der Waals surface area contributed by atoms with Crippen LogP contribution in [0, 0.1) is 11.8 Å². The average molecular weight is 306 g/mol. The number of rotatable bonds is 6. The van der Waals surface area contributed by atoms with Gasteiger partial charge in [0.2, 0.25) is 0 Å². The van der Waals surface area contributed by atoms with Gasteiger partial charge in [-0.3, -0.25) is 9.59 Å². The number of carbonyl (C=O) groups excluding carboxylic acids is 2. The van der Waals surface area contributed by atoms with Crippen LogP contribution in [0.15, 0.2) is 60.7 Å². The molecule has 2 heteroatoms. The van der Waals surface area contributed by atoms with Gasteiger partial charge in [-0.25, -0.2) is 0 Å². The predicted octanol–water partition coefficient (Wildman–Crippen LogP) is 4.95. The average Bonchev–Trinajstić information content (AvgIpc) is 3.03. The van der Waals surface area contributed by atoms with Gasteiger partial charge in [-0.2, -0.15) is 0 Å². The first kappa shape index (κ1) is 15.7. The van der Waals surface area contributed by atoms with E-state index in [-0.39, 0.29) is 11.6 Å². The van der Waals surface area contributed by atoms with Crippen molar-refractivity contribution in [2.75, 3.05) is 0 Å². The summed E-state index contributed by atoms with van der Waals surface area (Å²) in [5, 5.41) is 0. The molecule has 1 aliphatic rings.